The number of nitrogens with zero attached hydrogens (tertiary/aromatic N) is 3. The summed E-state index contributed by atoms with van der Waals surface area (Å²) in [5, 5.41) is 22.7. The number of fused-ring (bicyclic) bond motifs is 3. The summed E-state index contributed by atoms with van der Waals surface area (Å²) in [6.45, 7) is 3.74. The lowest BCUT2D eigenvalue weighted by atomic mass is 9.71. The lowest BCUT2D eigenvalue weighted by molar-refractivity contribution is -0.135. The van der Waals surface area contributed by atoms with Crippen molar-refractivity contribution in [3.8, 4) is 11.8 Å². The molecule has 3 heterocycles. The first kappa shape index (κ1) is 22.5. The predicted molar refractivity (Wildman–Crippen MR) is 131 cm³/mol. The van der Waals surface area contributed by atoms with Crippen LogP contribution in [-0.2, 0) is 15.9 Å². The highest BCUT2D eigenvalue weighted by molar-refractivity contribution is 6.30. The average Bonchev–Trinajstić information content (AvgIpc) is 3.30. The van der Waals surface area contributed by atoms with Crippen molar-refractivity contribution in [1.82, 2.24) is 9.88 Å². The maximum Gasteiger partial charge on any atom is 0.175 e. The maximum absolute atomic E-state index is 12.9. The van der Waals surface area contributed by atoms with Crippen LogP contribution in [0.15, 0.2) is 66.9 Å². The number of hydrogen-bond donors (Lipinski definition) is 1. The second-order valence-electron chi connectivity index (χ2n) is 9.60. The lowest BCUT2D eigenvalue weighted by Crippen LogP contribution is -2.53. The van der Waals surface area contributed by atoms with Crippen LogP contribution in [0.3, 0.4) is 0 Å². The summed E-state index contributed by atoms with van der Waals surface area (Å²) in [6, 6.07) is 21.6. The molecule has 4 atom stereocenters. The molecular weight excluding hydrogens is 462 g/mol. The summed E-state index contributed by atoms with van der Waals surface area (Å²) in [5.74, 6) is 0.231. The third-order valence-electron chi connectivity index (χ3n) is 7.85. The smallest absolute Gasteiger partial charge is 0.175 e. The molecule has 0 amide bonds. The monoisotopic (exact) mass is 487 g/mol. The van der Waals surface area contributed by atoms with E-state index in [1.165, 1.54) is 0 Å². The molecule has 2 aliphatic heterocycles. The molecule has 0 spiro atoms. The zero-order valence-electron chi connectivity index (χ0n) is 19.2. The molecule has 1 saturated heterocycles. The molecule has 3 aromatic rings. The van der Waals surface area contributed by atoms with E-state index in [9.17, 15) is 10.4 Å². The van der Waals surface area contributed by atoms with E-state index >= 15 is 0 Å². The first-order valence-corrected chi connectivity index (χ1v) is 12.4. The second kappa shape index (κ2) is 8.61. The Morgan fingerprint density at radius 2 is 1.86 bits per heavy atom. The van der Waals surface area contributed by atoms with E-state index in [4.69, 9.17) is 21.1 Å². The fraction of sp³-hybridized carbons (Fsp3) is 0.357. The van der Waals surface area contributed by atoms with Gasteiger partial charge < -0.3 is 14.6 Å². The van der Waals surface area contributed by atoms with Gasteiger partial charge in [-0.15, -0.1) is 0 Å². The van der Waals surface area contributed by atoms with Gasteiger partial charge in [-0.05, 0) is 29.7 Å². The second-order valence-corrected chi connectivity index (χ2v) is 10.0. The molecule has 7 heteroatoms. The van der Waals surface area contributed by atoms with Crippen LogP contribution < -0.4 is 4.74 Å². The number of halogens is 1. The Morgan fingerprint density at radius 1 is 1.11 bits per heavy atom. The molecule has 3 aliphatic rings. The molecule has 1 N–H and O–H groups in total. The van der Waals surface area contributed by atoms with Crippen LogP contribution in [0, 0.1) is 17.2 Å². The number of hydrogen-bond acceptors (Lipinski definition) is 6. The Labute approximate surface area is 209 Å². The molecule has 1 aliphatic carbocycles. The summed E-state index contributed by atoms with van der Waals surface area (Å²) in [4.78, 5) is 7.00. The van der Waals surface area contributed by atoms with Gasteiger partial charge in [0.05, 0.1) is 29.9 Å². The van der Waals surface area contributed by atoms with Gasteiger partial charge in [0.25, 0.3) is 0 Å². The zero-order chi connectivity index (χ0) is 24.0. The van der Waals surface area contributed by atoms with Gasteiger partial charge in [-0.1, -0.05) is 54.1 Å². The maximum atomic E-state index is 12.9. The van der Waals surface area contributed by atoms with Gasteiger partial charge >= 0.3 is 0 Å². The number of nitriles is 1. The number of aliphatic hydroxyl groups is 1. The highest BCUT2D eigenvalue weighted by Gasteiger charge is 2.73. The van der Waals surface area contributed by atoms with Crippen LogP contribution >= 0.6 is 11.6 Å². The molecule has 178 valence electrons. The summed E-state index contributed by atoms with van der Waals surface area (Å²) < 4.78 is 12.4. The van der Waals surface area contributed by atoms with Crippen molar-refractivity contribution in [2.75, 3.05) is 32.8 Å². The van der Waals surface area contributed by atoms with E-state index in [1.54, 1.807) is 24.4 Å². The normalized spacial score (nSPS) is 29.7. The van der Waals surface area contributed by atoms with Crippen molar-refractivity contribution in [3.63, 3.8) is 0 Å². The van der Waals surface area contributed by atoms with E-state index in [-0.39, 0.29) is 11.8 Å². The number of ether oxygens (including phenoxy) is 2. The quantitative estimate of drug-likeness (QED) is 0.593. The number of benzene rings is 2. The minimum Gasteiger partial charge on any atom is -0.476 e. The van der Waals surface area contributed by atoms with Crippen LogP contribution in [0.4, 0.5) is 0 Å². The molecule has 2 fully saturated rings. The largest absolute Gasteiger partial charge is 0.476 e. The van der Waals surface area contributed by atoms with E-state index in [1.807, 2.05) is 30.3 Å². The van der Waals surface area contributed by atoms with Gasteiger partial charge in [0.15, 0.2) is 11.2 Å². The van der Waals surface area contributed by atoms with Gasteiger partial charge in [0.2, 0.25) is 0 Å². The zero-order valence-corrected chi connectivity index (χ0v) is 20.0. The summed E-state index contributed by atoms with van der Waals surface area (Å²) in [7, 11) is 0. The number of rotatable bonds is 4. The topological polar surface area (TPSA) is 78.6 Å². The molecule has 1 saturated carbocycles. The van der Waals surface area contributed by atoms with Crippen LogP contribution in [0.5, 0.6) is 5.75 Å². The molecule has 0 radical (unpaired) electrons. The van der Waals surface area contributed by atoms with Gasteiger partial charge in [-0.3, -0.25) is 9.88 Å². The predicted octanol–water partition coefficient (Wildman–Crippen LogP) is 4.22. The van der Waals surface area contributed by atoms with Gasteiger partial charge in [-0.25, -0.2) is 0 Å². The lowest BCUT2D eigenvalue weighted by Gasteiger charge is -2.42. The molecule has 2 aromatic carbocycles. The molecule has 1 aromatic heterocycles. The van der Waals surface area contributed by atoms with Gasteiger partial charge in [0, 0.05) is 43.7 Å². The Kier molecular flexibility index (Phi) is 5.54. The van der Waals surface area contributed by atoms with Crippen molar-refractivity contribution >= 4 is 11.6 Å². The minimum atomic E-state index is -1.39. The highest BCUT2D eigenvalue weighted by Crippen LogP contribution is 2.68. The summed E-state index contributed by atoms with van der Waals surface area (Å²) >= 11 is 6.32. The van der Waals surface area contributed by atoms with E-state index in [2.05, 4.69) is 28.1 Å². The number of morpholine rings is 1. The number of aromatic nitrogens is 1. The third-order valence-corrected chi connectivity index (χ3v) is 8.05. The van der Waals surface area contributed by atoms with Crippen molar-refractivity contribution in [2.45, 2.75) is 23.5 Å². The first-order valence-electron chi connectivity index (χ1n) is 12.0. The summed E-state index contributed by atoms with van der Waals surface area (Å²) in [6.07, 6.45) is 2.31. The van der Waals surface area contributed by atoms with Crippen LogP contribution in [0.2, 0.25) is 5.02 Å². The van der Waals surface area contributed by atoms with E-state index in [0.717, 1.165) is 30.6 Å². The number of pyridine rings is 1. The summed E-state index contributed by atoms with van der Waals surface area (Å²) in [5.41, 5.74) is 0.511. The molecular formula is C28H26ClN3O3. The van der Waals surface area contributed by atoms with Gasteiger partial charge in [-0.2, -0.15) is 5.26 Å². The molecule has 6 nitrogen and oxygen atoms in total. The Balaban J connectivity index is 1.56. The highest BCUT2D eigenvalue weighted by atomic mass is 35.5. The first-order chi connectivity index (χ1) is 17.1. The Hall–Kier alpha value is -2.95. The van der Waals surface area contributed by atoms with Gasteiger partial charge in [0.1, 0.15) is 11.4 Å². The fourth-order valence-corrected chi connectivity index (χ4v) is 6.44. The SMILES string of the molecule is N#Cc1ccc([C@@]23Oc4cc(Cl)cnc4[C@]2(O)[C@@H](CN2CCOCC2)C[C@H]3c2ccccc2)cc1. The van der Waals surface area contributed by atoms with Crippen molar-refractivity contribution < 1.29 is 14.6 Å². The molecule has 0 bridgehead atoms. The van der Waals surface area contributed by atoms with E-state index in [0.29, 0.717) is 41.8 Å². The average molecular weight is 488 g/mol. The Morgan fingerprint density at radius 3 is 2.57 bits per heavy atom. The van der Waals surface area contributed by atoms with Crippen molar-refractivity contribution in [1.29, 1.82) is 5.26 Å². The molecule has 0 unspecified atom stereocenters. The Bertz CT molecular complexity index is 1270. The van der Waals surface area contributed by atoms with Crippen molar-refractivity contribution in [3.05, 3.63) is 94.3 Å². The van der Waals surface area contributed by atoms with E-state index < -0.39 is 11.2 Å². The van der Waals surface area contributed by atoms with Crippen LogP contribution in [-0.4, -0.2) is 47.8 Å². The third kappa shape index (κ3) is 3.38. The molecule has 6 rings (SSSR count). The minimum absolute atomic E-state index is 0.138. The standard InChI is InChI=1S/C28H26ClN3O3/c29-23-15-25-26(31-17-23)27(33)22(18-32-10-12-34-13-11-32)14-24(20-4-2-1-3-5-20)28(27,35-25)21-8-6-19(16-30)7-9-21/h1-9,15,17,22,24,33H,10-14,18H2/t22-,24+,27-,28+/m1/s1. The van der Waals surface area contributed by atoms with Crippen LogP contribution in [0.25, 0.3) is 0 Å². The van der Waals surface area contributed by atoms with Crippen LogP contribution in [0.1, 0.15) is 34.7 Å². The molecule has 35 heavy (non-hydrogen) atoms. The van der Waals surface area contributed by atoms with Crippen molar-refractivity contribution in [2.24, 2.45) is 5.92 Å². The fourth-order valence-electron chi connectivity index (χ4n) is 6.30.